The molecule has 2 rings (SSSR count). The van der Waals surface area contributed by atoms with Crippen LogP contribution in [0.25, 0.3) is 0 Å². The van der Waals surface area contributed by atoms with Crippen molar-refractivity contribution in [2.75, 3.05) is 29.9 Å². The van der Waals surface area contributed by atoms with Crippen LogP contribution in [0.1, 0.15) is 18.6 Å². The van der Waals surface area contributed by atoms with Crippen molar-refractivity contribution < 1.29 is 14.1 Å². The molecule has 0 spiro atoms. The van der Waals surface area contributed by atoms with Gasteiger partial charge in [-0.05, 0) is 26.3 Å². The van der Waals surface area contributed by atoms with Crippen molar-refractivity contribution in [1.29, 1.82) is 0 Å². The minimum atomic E-state index is -0.194. The number of rotatable bonds is 6. The Balaban J connectivity index is 0.00000242. The molecule has 1 fully saturated rings. The topological polar surface area (TPSA) is 96.3 Å². The third kappa shape index (κ3) is 6.67. The number of halogens is 1. The Morgan fingerprint density at radius 2 is 2.23 bits per heavy atom. The van der Waals surface area contributed by atoms with Crippen molar-refractivity contribution in [2.45, 2.75) is 25.8 Å². The van der Waals surface area contributed by atoms with Gasteiger partial charge in [-0.1, -0.05) is 5.16 Å². The van der Waals surface area contributed by atoms with Crippen LogP contribution in [-0.4, -0.2) is 47.6 Å². The van der Waals surface area contributed by atoms with Gasteiger partial charge in [0.2, 0.25) is 11.8 Å². The Bertz CT molecular complexity index is 491. The van der Waals surface area contributed by atoms with E-state index in [0.717, 1.165) is 25.9 Å². The van der Waals surface area contributed by atoms with Crippen LogP contribution in [0.3, 0.4) is 0 Å². The van der Waals surface area contributed by atoms with E-state index in [1.165, 1.54) is 11.8 Å². The molecule has 9 heteroatoms. The molecule has 1 aromatic rings. The summed E-state index contributed by atoms with van der Waals surface area (Å²) in [6.45, 7) is 3.59. The molecule has 0 radical (unpaired) electrons. The maximum atomic E-state index is 11.7. The largest absolute Gasteiger partial charge is 0.360 e. The van der Waals surface area contributed by atoms with Crippen LogP contribution in [0, 0.1) is 6.92 Å². The van der Waals surface area contributed by atoms with Crippen LogP contribution in [0.15, 0.2) is 10.6 Å². The molecule has 0 aromatic carbocycles. The second-order valence-corrected chi connectivity index (χ2v) is 5.96. The molecule has 7 nitrogen and oxygen atoms in total. The number of piperidine rings is 1. The summed E-state index contributed by atoms with van der Waals surface area (Å²) in [7, 11) is 0. The molecule has 0 aliphatic carbocycles. The number of amides is 2. The average molecular weight is 349 g/mol. The van der Waals surface area contributed by atoms with Gasteiger partial charge in [-0.3, -0.25) is 9.59 Å². The summed E-state index contributed by atoms with van der Waals surface area (Å²) >= 11 is 1.28. The predicted octanol–water partition coefficient (Wildman–Crippen LogP) is 0.945. The number of hydrogen-bond donors (Lipinski definition) is 3. The standard InChI is InChI=1S/C13H20N4O3S.ClH/c1-9-5-11(17-20-9)16-13(19)8-21-7-12(18)15-10-3-2-4-14-6-10;/h5,10,14H,2-4,6-8H2,1H3,(H,15,18)(H,16,17,19);1H/t10-;/m0./s1. The van der Waals surface area contributed by atoms with Crippen LogP contribution >= 0.6 is 24.2 Å². The summed E-state index contributed by atoms with van der Waals surface area (Å²) in [4.78, 5) is 23.4. The first kappa shape index (κ1) is 18.8. The fourth-order valence-corrected chi connectivity index (χ4v) is 2.71. The summed E-state index contributed by atoms with van der Waals surface area (Å²) in [6.07, 6.45) is 2.09. The molecule has 2 heterocycles. The summed E-state index contributed by atoms with van der Waals surface area (Å²) in [5.41, 5.74) is 0. The zero-order valence-electron chi connectivity index (χ0n) is 12.4. The number of thioether (sulfide) groups is 1. The minimum Gasteiger partial charge on any atom is -0.360 e. The van der Waals surface area contributed by atoms with Gasteiger partial charge >= 0.3 is 0 Å². The molecule has 124 valence electrons. The van der Waals surface area contributed by atoms with Gasteiger partial charge < -0.3 is 20.5 Å². The van der Waals surface area contributed by atoms with E-state index in [9.17, 15) is 9.59 Å². The lowest BCUT2D eigenvalue weighted by Crippen LogP contribution is -2.46. The number of carbonyl (C=O) groups excluding carboxylic acids is 2. The maximum absolute atomic E-state index is 11.7. The first-order valence-electron chi connectivity index (χ1n) is 6.94. The number of carbonyl (C=O) groups is 2. The number of hydrogen-bond acceptors (Lipinski definition) is 6. The molecule has 22 heavy (non-hydrogen) atoms. The highest BCUT2D eigenvalue weighted by molar-refractivity contribution is 8.00. The summed E-state index contributed by atoms with van der Waals surface area (Å²) < 4.78 is 4.85. The van der Waals surface area contributed by atoms with E-state index in [1.54, 1.807) is 13.0 Å². The van der Waals surface area contributed by atoms with Crippen molar-refractivity contribution in [1.82, 2.24) is 15.8 Å². The smallest absolute Gasteiger partial charge is 0.235 e. The third-order valence-corrected chi connectivity index (χ3v) is 3.96. The van der Waals surface area contributed by atoms with E-state index in [1.807, 2.05) is 0 Å². The van der Waals surface area contributed by atoms with Crippen LogP contribution in [0.4, 0.5) is 5.82 Å². The van der Waals surface area contributed by atoms with Crippen molar-refractivity contribution in [2.24, 2.45) is 0 Å². The Morgan fingerprint density at radius 3 is 2.86 bits per heavy atom. The molecule has 1 aliphatic rings. The Hall–Kier alpha value is -1.25. The van der Waals surface area contributed by atoms with Gasteiger partial charge in [0.1, 0.15) is 5.76 Å². The quantitative estimate of drug-likeness (QED) is 0.708. The lowest BCUT2D eigenvalue weighted by atomic mass is 10.1. The molecule has 1 saturated heterocycles. The number of anilines is 1. The average Bonchev–Trinajstić information content (AvgIpc) is 2.85. The molecule has 2 amide bonds. The number of aromatic nitrogens is 1. The van der Waals surface area contributed by atoms with Crippen LogP contribution in [0.5, 0.6) is 0 Å². The first-order chi connectivity index (χ1) is 10.1. The summed E-state index contributed by atoms with van der Waals surface area (Å²) in [6, 6.07) is 1.85. The van der Waals surface area contributed by atoms with Gasteiger partial charge in [0.25, 0.3) is 0 Å². The third-order valence-electron chi connectivity index (χ3n) is 3.02. The number of aryl methyl sites for hydroxylation is 1. The summed E-state index contributed by atoms with van der Waals surface area (Å²) in [5.74, 6) is 1.30. The van der Waals surface area contributed by atoms with E-state index < -0.39 is 0 Å². The molecular weight excluding hydrogens is 328 g/mol. The van der Waals surface area contributed by atoms with Crippen LogP contribution < -0.4 is 16.0 Å². The monoisotopic (exact) mass is 348 g/mol. The molecule has 0 bridgehead atoms. The Labute approximate surface area is 139 Å². The molecule has 3 N–H and O–H groups in total. The highest BCUT2D eigenvalue weighted by atomic mass is 35.5. The second kappa shape index (κ2) is 9.70. The van der Waals surface area contributed by atoms with Crippen molar-refractivity contribution in [3.05, 3.63) is 11.8 Å². The van der Waals surface area contributed by atoms with Gasteiger partial charge in [0, 0.05) is 18.7 Å². The maximum Gasteiger partial charge on any atom is 0.235 e. The molecule has 0 unspecified atom stereocenters. The molecule has 1 aliphatic heterocycles. The first-order valence-corrected chi connectivity index (χ1v) is 8.10. The fourth-order valence-electron chi connectivity index (χ4n) is 2.09. The zero-order chi connectivity index (χ0) is 15.1. The van der Waals surface area contributed by atoms with Crippen molar-refractivity contribution >= 4 is 41.8 Å². The van der Waals surface area contributed by atoms with Crippen LogP contribution in [0.2, 0.25) is 0 Å². The molecule has 0 saturated carbocycles. The lowest BCUT2D eigenvalue weighted by Gasteiger charge is -2.23. The molecule has 1 aromatic heterocycles. The normalized spacial score (nSPS) is 17.4. The van der Waals surface area contributed by atoms with Gasteiger partial charge in [0.15, 0.2) is 5.82 Å². The van der Waals surface area contributed by atoms with E-state index in [2.05, 4.69) is 21.1 Å². The van der Waals surface area contributed by atoms with E-state index in [-0.39, 0.29) is 41.8 Å². The molecule has 1 atom stereocenters. The fraction of sp³-hybridized carbons (Fsp3) is 0.615. The van der Waals surface area contributed by atoms with E-state index >= 15 is 0 Å². The zero-order valence-corrected chi connectivity index (χ0v) is 14.0. The molecular formula is C13H21ClN4O3S. The van der Waals surface area contributed by atoms with Crippen LogP contribution in [-0.2, 0) is 9.59 Å². The van der Waals surface area contributed by atoms with Gasteiger partial charge in [-0.25, -0.2) is 0 Å². The van der Waals surface area contributed by atoms with Gasteiger partial charge in [0.05, 0.1) is 11.5 Å². The van der Waals surface area contributed by atoms with Crippen molar-refractivity contribution in [3.8, 4) is 0 Å². The number of nitrogens with one attached hydrogen (secondary N) is 3. The second-order valence-electron chi connectivity index (χ2n) is 4.97. The van der Waals surface area contributed by atoms with E-state index in [4.69, 9.17) is 4.52 Å². The summed E-state index contributed by atoms with van der Waals surface area (Å²) in [5, 5.41) is 12.5. The Kier molecular flexibility index (Phi) is 8.29. The van der Waals surface area contributed by atoms with Gasteiger partial charge in [-0.2, -0.15) is 0 Å². The lowest BCUT2D eigenvalue weighted by molar-refractivity contribution is -0.119. The highest BCUT2D eigenvalue weighted by Gasteiger charge is 2.15. The van der Waals surface area contributed by atoms with Gasteiger partial charge in [-0.15, -0.1) is 24.2 Å². The Morgan fingerprint density at radius 1 is 1.45 bits per heavy atom. The van der Waals surface area contributed by atoms with Crippen molar-refractivity contribution in [3.63, 3.8) is 0 Å². The highest BCUT2D eigenvalue weighted by Crippen LogP contribution is 2.08. The minimum absolute atomic E-state index is 0. The number of nitrogens with zero attached hydrogens (tertiary/aromatic N) is 1. The predicted molar refractivity (Wildman–Crippen MR) is 88.5 cm³/mol. The van der Waals surface area contributed by atoms with E-state index in [0.29, 0.717) is 11.6 Å². The SMILES string of the molecule is Cc1cc(NC(=O)CSCC(=O)N[C@H]2CCCNC2)no1.Cl.